The molecule has 0 spiro atoms. The molecule has 1 fully saturated rings. The van der Waals surface area contributed by atoms with Crippen molar-refractivity contribution in [3.8, 4) is 0 Å². The van der Waals surface area contributed by atoms with Crippen LogP contribution >= 0.6 is 11.8 Å². The molecule has 1 aliphatic heterocycles. The Hall–Kier alpha value is -0.810. The third-order valence-corrected chi connectivity index (χ3v) is 3.77. The maximum Gasteiger partial charge on any atom is 0.151 e. The molecule has 0 aromatic carbocycles. The van der Waals surface area contributed by atoms with E-state index >= 15 is 0 Å². The highest BCUT2D eigenvalue weighted by Crippen LogP contribution is 2.21. The van der Waals surface area contributed by atoms with Gasteiger partial charge in [-0.25, -0.2) is 0 Å². The van der Waals surface area contributed by atoms with Crippen molar-refractivity contribution in [3.63, 3.8) is 0 Å². The van der Waals surface area contributed by atoms with Gasteiger partial charge in [0.1, 0.15) is 0 Å². The number of thioether (sulfide) groups is 1. The molecule has 0 amide bonds. The monoisotopic (exact) mass is 224 g/mol. The van der Waals surface area contributed by atoms with Crippen LogP contribution in [-0.2, 0) is 6.54 Å². The van der Waals surface area contributed by atoms with Gasteiger partial charge in [0, 0.05) is 30.6 Å². The van der Waals surface area contributed by atoms with E-state index in [0.717, 1.165) is 18.1 Å². The SMILES string of the molecule is CC1CSCCN1c1ccc(CN)nn1. The zero-order valence-electron chi connectivity index (χ0n) is 8.89. The van der Waals surface area contributed by atoms with Crippen LogP contribution in [0.1, 0.15) is 12.6 Å². The minimum absolute atomic E-state index is 0.457. The summed E-state index contributed by atoms with van der Waals surface area (Å²) in [6.07, 6.45) is 0. The van der Waals surface area contributed by atoms with E-state index in [1.54, 1.807) is 0 Å². The van der Waals surface area contributed by atoms with Crippen LogP contribution in [0, 0.1) is 0 Å². The van der Waals surface area contributed by atoms with Gasteiger partial charge in [-0.15, -0.1) is 5.10 Å². The van der Waals surface area contributed by atoms with E-state index in [4.69, 9.17) is 5.73 Å². The number of nitrogens with two attached hydrogens (primary N) is 1. The largest absolute Gasteiger partial charge is 0.351 e. The van der Waals surface area contributed by atoms with E-state index in [2.05, 4.69) is 22.0 Å². The molecule has 1 saturated heterocycles. The molecular weight excluding hydrogens is 208 g/mol. The van der Waals surface area contributed by atoms with Crippen molar-refractivity contribution in [2.24, 2.45) is 5.73 Å². The normalized spacial score (nSPS) is 21.7. The minimum Gasteiger partial charge on any atom is -0.351 e. The third-order valence-electron chi connectivity index (χ3n) is 2.58. The number of nitrogens with zero attached hydrogens (tertiary/aromatic N) is 3. The Morgan fingerprint density at radius 1 is 1.53 bits per heavy atom. The van der Waals surface area contributed by atoms with E-state index in [1.807, 2.05) is 23.9 Å². The first-order valence-corrected chi connectivity index (χ1v) is 6.34. The van der Waals surface area contributed by atoms with E-state index in [0.29, 0.717) is 12.6 Å². The van der Waals surface area contributed by atoms with Crippen LogP contribution in [0.25, 0.3) is 0 Å². The molecule has 1 aromatic heterocycles. The smallest absolute Gasteiger partial charge is 0.151 e. The van der Waals surface area contributed by atoms with Gasteiger partial charge >= 0.3 is 0 Å². The van der Waals surface area contributed by atoms with E-state index in [1.165, 1.54) is 11.5 Å². The molecule has 5 heteroatoms. The third kappa shape index (κ3) is 2.41. The first-order chi connectivity index (χ1) is 7.31. The minimum atomic E-state index is 0.457. The summed E-state index contributed by atoms with van der Waals surface area (Å²) in [5.74, 6) is 3.31. The number of anilines is 1. The van der Waals surface area contributed by atoms with Gasteiger partial charge in [0.15, 0.2) is 5.82 Å². The Balaban J connectivity index is 2.13. The fourth-order valence-electron chi connectivity index (χ4n) is 1.68. The highest BCUT2D eigenvalue weighted by molar-refractivity contribution is 7.99. The maximum atomic E-state index is 5.49. The van der Waals surface area contributed by atoms with Gasteiger partial charge in [0.25, 0.3) is 0 Å². The highest BCUT2D eigenvalue weighted by Gasteiger charge is 2.19. The van der Waals surface area contributed by atoms with E-state index in [-0.39, 0.29) is 0 Å². The second kappa shape index (κ2) is 4.81. The lowest BCUT2D eigenvalue weighted by Crippen LogP contribution is -2.41. The summed E-state index contributed by atoms with van der Waals surface area (Å²) in [5, 5.41) is 8.29. The second-order valence-corrected chi connectivity index (χ2v) is 4.85. The van der Waals surface area contributed by atoms with Gasteiger partial charge in [-0.1, -0.05) is 0 Å². The van der Waals surface area contributed by atoms with Crippen LogP contribution < -0.4 is 10.6 Å². The van der Waals surface area contributed by atoms with Crippen molar-refractivity contribution in [2.45, 2.75) is 19.5 Å². The molecule has 4 nitrogen and oxygen atoms in total. The van der Waals surface area contributed by atoms with Gasteiger partial charge in [-0.2, -0.15) is 16.9 Å². The van der Waals surface area contributed by atoms with Crippen LogP contribution in [0.5, 0.6) is 0 Å². The number of hydrogen-bond donors (Lipinski definition) is 1. The molecule has 1 aromatic rings. The molecule has 1 aliphatic rings. The summed E-state index contributed by atoms with van der Waals surface area (Å²) in [5.41, 5.74) is 6.33. The van der Waals surface area contributed by atoms with Crippen molar-refractivity contribution >= 4 is 17.6 Å². The average Bonchev–Trinajstić information content (AvgIpc) is 2.30. The Morgan fingerprint density at radius 2 is 2.40 bits per heavy atom. The maximum absolute atomic E-state index is 5.49. The van der Waals surface area contributed by atoms with Crippen molar-refractivity contribution < 1.29 is 0 Å². The number of hydrogen-bond acceptors (Lipinski definition) is 5. The summed E-state index contributed by atoms with van der Waals surface area (Å²) in [6.45, 7) is 3.74. The van der Waals surface area contributed by atoms with Crippen LogP contribution in [-0.4, -0.2) is 34.3 Å². The molecule has 0 saturated carbocycles. The Labute approximate surface area is 94.2 Å². The van der Waals surface area contributed by atoms with Crippen LogP contribution in [0.2, 0.25) is 0 Å². The summed E-state index contributed by atoms with van der Waals surface area (Å²) >= 11 is 2.00. The topological polar surface area (TPSA) is 55.0 Å². The predicted octanol–water partition coefficient (Wildman–Crippen LogP) is 0.877. The van der Waals surface area contributed by atoms with Crippen LogP contribution in [0.3, 0.4) is 0 Å². The first kappa shape index (κ1) is 10.7. The fraction of sp³-hybridized carbons (Fsp3) is 0.600. The lowest BCUT2D eigenvalue weighted by atomic mass is 10.3. The van der Waals surface area contributed by atoms with Gasteiger partial charge < -0.3 is 10.6 Å². The first-order valence-electron chi connectivity index (χ1n) is 5.18. The van der Waals surface area contributed by atoms with Crippen LogP contribution in [0.4, 0.5) is 5.82 Å². The zero-order chi connectivity index (χ0) is 10.7. The predicted molar refractivity (Wildman–Crippen MR) is 64.1 cm³/mol. The summed E-state index contributed by atoms with van der Waals surface area (Å²) < 4.78 is 0. The van der Waals surface area contributed by atoms with Gasteiger partial charge in [-0.3, -0.25) is 0 Å². The molecule has 2 N–H and O–H groups in total. The van der Waals surface area contributed by atoms with Crippen molar-refractivity contribution in [3.05, 3.63) is 17.8 Å². The number of rotatable bonds is 2. The lowest BCUT2D eigenvalue weighted by Gasteiger charge is -2.33. The van der Waals surface area contributed by atoms with Crippen molar-refractivity contribution in [2.75, 3.05) is 23.0 Å². The Bertz CT molecular complexity index is 314. The molecule has 1 unspecified atom stereocenters. The van der Waals surface area contributed by atoms with Gasteiger partial charge in [0.2, 0.25) is 0 Å². The Kier molecular flexibility index (Phi) is 3.43. The fourth-order valence-corrected chi connectivity index (χ4v) is 2.70. The molecule has 2 heterocycles. The average molecular weight is 224 g/mol. The van der Waals surface area contributed by atoms with E-state index in [9.17, 15) is 0 Å². The quantitative estimate of drug-likeness (QED) is 0.808. The molecular formula is C10H16N4S. The zero-order valence-corrected chi connectivity index (χ0v) is 9.70. The second-order valence-electron chi connectivity index (χ2n) is 3.70. The molecule has 1 atom stereocenters. The Morgan fingerprint density at radius 3 is 3.00 bits per heavy atom. The van der Waals surface area contributed by atoms with Crippen LogP contribution in [0.15, 0.2) is 12.1 Å². The molecule has 0 bridgehead atoms. The van der Waals surface area contributed by atoms with Gasteiger partial charge in [0.05, 0.1) is 5.69 Å². The molecule has 82 valence electrons. The summed E-state index contributed by atoms with van der Waals surface area (Å²) in [4.78, 5) is 2.31. The van der Waals surface area contributed by atoms with E-state index < -0.39 is 0 Å². The summed E-state index contributed by atoms with van der Waals surface area (Å²) in [6, 6.07) is 4.51. The van der Waals surface area contributed by atoms with Crippen molar-refractivity contribution in [1.82, 2.24) is 10.2 Å². The van der Waals surface area contributed by atoms with Gasteiger partial charge in [-0.05, 0) is 19.1 Å². The highest BCUT2D eigenvalue weighted by atomic mass is 32.2. The number of aromatic nitrogens is 2. The molecule has 2 rings (SSSR count). The van der Waals surface area contributed by atoms with Crippen molar-refractivity contribution in [1.29, 1.82) is 0 Å². The standard InChI is InChI=1S/C10H16N4S/c1-8-7-15-5-4-14(8)10-3-2-9(6-11)12-13-10/h2-3,8H,4-7,11H2,1H3. The summed E-state index contributed by atoms with van der Waals surface area (Å²) in [7, 11) is 0. The molecule has 15 heavy (non-hydrogen) atoms. The molecule has 0 aliphatic carbocycles. The lowest BCUT2D eigenvalue weighted by molar-refractivity contribution is 0.680. The molecule has 0 radical (unpaired) electrons.